The van der Waals surface area contributed by atoms with E-state index >= 15 is 0 Å². The monoisotopic (exact) mass is 269 g/mol. The van der Waals surface area contributed by atoms with E-state index in [2.05, 4.69) is 5.32 Å². The molecular formula is C12H9Cl2NO2. The van der Waals surface area contributed by atoms with E-state index in [9.17, 15) is 4.79 Å². The van der Waals surface area contributed by atoms with Crippen LogP contribution in [0.1, 0.15) is 16.1 Å². The van der Waals surface area contributed by atoms with E-state index in [-0.39, 0.29) is 16.9 Å². The summed E-state index contributed by atoms with van der Waals surface area (Å²) >= 11 is 11.4. The fraction of sp³-hybridized carbons (Fsp3) is 0.0833. The van der Waals surface area contributed by atoms with E-state index in [1.165, 1.54) is 12.1 Å². The second kappa shape index (κ2) is 5.25. The smallest absolute Gasteiger partial charge is 0.291 e. The van der Waals surface area contributed by atoms with Crippen LogP contribution in [0.15, 0.2) is 40.8 Å². The Morgan fingerprint density at radius 3 is 2.65 bits per heavy atom. The maximum Gasteiger partial charge on any atom is 0.291 e. The third kappa shape index (κ3) is 2.81. The van der Waals surface area contributed by atoms with Gasteiger partial charge >= 0.3 is 0 Å². The van der Waals surface area contributed by atoms with Gasteiger partial charge in [-0.25, -0.2) is 0 Å². The first-order chi connectivity index (χ1) is 8.20. The Morgan fingerprint density at radius 2 is 2.00 bits per heavy atom. The Hall–Kier alpha value is -1.45. The summed E-state index contributed by atoms with van der Waals surface area (Å²) < 4.78 is 5.01. The molecule has 1 aromatic heterocycles. The molecule has 0 spiro atoms. The van der Waals surface area contributed by atoms with Crippen LogP contribution in [0, 0.1) is 0 Å². The van der Waals surface area contributed by atoms with Gasteiger partial charge in [-0.2, -0.15) is 0 Å². The maximum atomic E-state index is 11.8. The van der Waals surface area contributed by atoms with Crippen molar-refractivity contribution < 1.29 is 9.21 Å². The lowest BCUT2D eigenvalue weighted by molar-refractivity contribution is 0.0996. The number of para-hydroxylation sites is 1. The van der Waals surface area contributed by atoms with Crippen molar-refractivity contribution in [1.82, 2.24) is 0 Å². The molecule has 2 aromatic rings. The molecule has 17 heavy (non-hydrogen) atoms. The highest BCUT2D eigenvalue weighted by atomic mass is 35.5. The quantitative estimate of drug-likeness (QED) is 0.859. The van der Waals surface area contributed by atoms with Crippen molar-refractivity contribution in [3.63, 3.8) is 0 Å². The van der Waals surface area contributed by atoms with Crippen LogP contribution >= 0.6 is 23.2 Å². The number of amides is 1. The van der Waals surface area contributed by atoms with Gasteiger partial charge in [0.2, 0.25) is 0 Å². The highest BCUT2D eigenvalue weighted by Gasteiger charge is 2.12. The standard InChI is InChI=1S/C12H9Cl2NO2/c13-7-8-3-1-2-4-9(8)15-12(16)10-5-6-11(14)17-10/h1-6H,7H2,(H,15,16). The minimum absolute atomic E-state index is 0.166. The Bertz CT molecular complexity index is 537. The first kappa shape index (κ1) is 12.0. The van der Waals surface area contributed by atoms with Crippen LogP contribution in [0.2, 0.25) is 5.22 Å². The Kier molecular flexibility index (Phi) is 3.71. The van der Waals surface area contributed by atoms with Crippen LogP contribution < -0.4 is 5.32 Å². The lowest BCUT2D eigenvalue weighted by Crippen LogP contribution is -2.12. The molecule has 0 unspecified atom stereocenters. The molecule has 2 rings (SSSR count). The predicted octanol–water partition coefficient (Wildman–Crippen LogP) is 3.92. The summed E-state index contributed by atoms with van der Waals surface area (Å²) in [4.78, 5) is 11.8. The second-order valence-corrected chi connectivity index (χ2v) is 3.99. The molecule has 1 heterocycles. The van der Waals surface area contributed by atoms with Crippen LogP contribution in [0.5, 0.6) is 0 Å². The van der Waals surface area contributed by atoms with E-state index in [1.54, 1.807) is 6.07 Å². The lowest BCUT2D eigenvalue weighted by Gasteiger charge is -2.07. The number of hydrogen-bond acceptors (Lipinski definition) is 2. The average Bonchev–Trinajstić information content (AvgIpc) is 2.77. The summed E-state index contributed by atoms with van der Waals surface area (Å²) in [6.07, 6.45) is 0. The normalized spacial score (nSPS) is 10.2. The van der Waals surface area contributed by atoms with Crippen LogP contribution in [0.4, 0.5) is 5.69 Å². The molecule has 0 radical (unpaired) electrons. The van der Waals surface area contributed by atoms with Crippen molar-refractivity contribution in [3.8, 4) is 0 Å². The third-order valence-corrected chi connectivity index (χ3v) is 2.70. The molecule has 5 heteroatoms. The number of hydrogen-bond donors (Lipinski definition) is 1. The van der Waals surface area contributed by atoms with Crippen molar-refractivity contribution in [2.75, 3.05) is 5.32 Å². The van der Waals surface area contributed by atoms with Crippen LogP contribution in [-0.2, 0) is 5.88 Å². The second-order valence-electron chi connectivity index (χ2n) is 3.35. The summed E-state index contributed by atoms with van der Waals surface area (Å²) in [5, 5.41) is 2.90. The molecule has 0 saturated carbocycles. The van der Waals surface area contributed by atoms with Gasteiger partial charge in [0, 0.05) is 11.6 Å². The molecule has 0 saturated heterocycles. The molecule has 0 atom stereocenters. The largest absolute Gasteiger partial charge is 0.440 e. The minimum Gasteiger partial charge on any atom is -0.440 e. The van der Waals surface area contributed by atoms with Gasteiger partial charge in [-0.05, 0) is 35.4 Å². The van der Waals surface area contributed by atoms with Gasteiger partial charge in [0.25, 0.3) is 5.91 Å². The number of halogens is 2. The van der Waals surface area contributed by atoms with Gasteiger partial charge in [-0.1, -0.05) is 18.2 Å². The van der Waals surface area contributed by atoms with Crippen molar-refractivity contribution in [3.05, 3.63) is 52.9 Å². The van der Waals surface area contributed by atoms with Crippen molar-refractivity contribution in [1.29, 1.82) is 0 Å². The van der Waals surface area contributed by atoms with E-state index in [0.29, 0.717) is 11.6 Å². The average molecular weight is 270 g/mol. The molecule has 3 nitrogen and oxygen atoms in total. The molecule has 1 aromatic carbocycles. The number of nitrogens with one attached hydrogen (secondary N) is 1. The van der Waals surface area contributed by atoms with Crippen molar-refractivity contribution in [2.45, 2.75) is 5.88 Å². The molecular weight excluding hydrogens is 261 g/mol. The third-order valence-electron chi connectivity index (χ3n) is 2.21. The summed E-state index contributed by atoms with van der Waals surface area (Å²) in [6.45, 7) is 0. The first-order valence-corrected chi connectivity index (χ1v) is 5.82. The number of rotatable bonds is 3. The van der Waals surface area contributed by atoms with Gasteiger partial charge in [-0.3, -0.25) is 4.79 Å². The van der Waals surface area contributed by atoms with E-state index in [4.69, 9.17) is 27.6 Å². The molecule has 0 aliphatic rings. The van der Waals surface area contributed by atoms with Crippen LogP contribution in [0.25, 0.3) is 0 Å². The van der Waals surface area contributed by atoms with E-state index in [1.807, 2.05) is 18.2 Å². The zero-order chi connectivity index (χ0) is 12.3. The molecule has 88 valence electrons. The highest BCUT2D eigenvalue weighted by Crippen LogP contribution is 2.19. The number of benzene rings is 1. The van der Waals surface area contributed by atoms with E-state index in [0.717, 1.165) is 5.56 Å². The van der Waals surface area contributed by atoms with Gasteiger partial charge < -0.3 is 9.73 Å². The van der Waals surface area contributed by atoms with Gasteiger partial charge in [0.15, 0.2) is 11.0 Å². The van der Waals surface area contributed by atoms with Crippen LogP contribution in [-0.4, -0.2) is 5.91 Å². The number of furan rings is 1. The lowest BCUT2D eigenvalue weighted by atomic mass is 10.2. The molecule has 1 N–H and O–H groups in total. The molecule has 0 aliphatic carbocycles. The summed E-state index contributed by atoms with van der Waals surface area (Å²) in [5.41, 5.74) is 1.51. The van der Waals surface area contributed by atoms with Crippen LogP contribution in [0.3, 0.4) is 0 Å². The number of alkyl halides is 1. The Labute approximate surface area is 108 Å². The van der Waals surface area contributed by atoms with Crippen molar-refractivity contribution in [2.24, 2.45) is 0 Å². The SMILES string of the molecule is O=C(Nc1ccccc1CCl)c1ccc(Cl)o1. The predicted molar refractivity (Wildman–Crippen MR) is 67.7 cm³/mol. The number of carbonyl (C=O) groups excluding carboxylic acids is 1. The first-order valence-electron chi connectivity index (χ1n) is 4.91. The van der Waals surface area contributed by atoms with Gasteiger partial charge in [0.05, 0.1) is 0 Å². The van der Waals surface area contributed by atoms with Crippen molar-refractivity contribution >= 4 is 34.8 Å². The Morgan fingerprint density at radius 1 is 1.24 bits per heavy atom. The molecule has 1 amide bonds. The fourth-order valence-corrected chi connectivity index (χ4v) is 1.76. The molecule has 0 aliphatic heterocycles. The topological polar surface area (TPSA) is 42.2 Å². The number of anilines is 1. The zero-order valence-electron chi connectivity index (χ0n) is 8.74. The van der Waals surface area contributed by atoms with E-state index < -0.39 is 0 Å². The fourth-order valence-electron chi connectivity index (χ4n) is 1.38. The summed E-state index contributed by atoms with van der Waals surface area (Å²) in [5.74, 6) is 0.142. The number of carbonyl (C=O) groups is 1. The summed E-state index contributed by atoms with van der Waals surface area (Å²) in [7, 11) is 0. The zero-order valence-corrected chi connectivity index (χ0v) is 10.3. The Balaban J connectivity index is 2.18. The molecule has 0 fully saturated rings. The minimum atomic E-state index is -0.352. The molecule has 0 bridgehead atoms. The summed E-state index contributed by atoms with van der Waals surface area (Å²) in [6, 6.07) is 10.3. The van der Waals surface area contributed by atoms with Gasteiger partial charge in [-0.15, -0.1) is 11.6 Å². The van der Waals surface area contributed by atoms with Gasteiger partial charge in [0.1, 0.15) is 0 Å². The maximum absolute atomic E-state index is 11.8. The highest BCUT2D eigenvalue weighted by molar-refractivity contribution is 6.29.